The zero-order chi connectivity index (χ0) is 19.2. The first-order valence-electron chi connectivity index (χ1n) is 8.52. The highest BCUT2D eigenvalue weighted by Crippen LogP contribution is 2.19. The third-order valence-corrected chi connectivity index (χ3v) is 4.13. The number of nitrogens with one attached hydrogen (secondary N) is 4. The largest absolute Gasteiger partial charge is 0.361 e. The molecule has 1 atom stereocenters. The van der Waals surface area contributed by atoms with Crippen LogP contribution < -0.4 is 16.2 Å². The van der Waals surface area contributed by atoms with Gasteiger partial charge in [-0.25, -0.2) is 0 Å². The maximum absolute atomic E-state index is 12.5. The number of aromatic amines is 1. The lowest BCUT2D eigenvalue weighted by molar-refractivity contribution is -0.128. The third kappa shape index (κ3) is 4.52. The zero-order valence-electron chi connectivity index (χ0n) is 14.8. The molecule has 3 amide bonds. The van der Waals surface area contributed by atoms with E-state index in [4.69, 9.17) is 0 Å². The van der Waals surface area contributed by atoms with Crippen molar-refractivity contribution in [1.29, 1.82) is 0 Å². The van der Waals surface area contributed by atoms with Gasteiger partial charge >= 0.3 is 0 Å². The second kappa shape index (κ2) is 8.18. The Morgan fingerprint density at radius 2 is 1.67 bits per heavy atom. The van der Waals surface area contributed by atoms with Crippen LogP contribution in [0, 0.1) is 0 Å². The summed E-state index contributed by atoms with van der Waals surface area (Å²) in [7, 11) is 0. The van der Waals surface area contributed by atoms with Crippen molar-refractivity contribution in [2.24, 2.45) is 0 Å². The second-order valence-electron chi connectivity index (χ2n) is 6.13. The molecule has 4 N–H and O–H groups in total. The number of H-pyrrole nitrogens is 1. The topological polar surface area (TPSA) is 103 Å². The molecule has 0 saturated carbocycles. The molecular weight excluding hydrogens is 344 g/mol. The van der Waals surface area contributed by atoms with Gasteiger partial charge in [0.2, 0.25) is 5.91 Å². The fraction of sp³-hybridized carbons (Fsp3) is 0.150. The summed E-state index contributed by atoms with van der Waals surface area (Å²) in [5.74, 6) is -1.26. The van der Waals surface area contributed by atoms with Crippen molar-refractivity contribution in [2.45, 2.75) is 19.4 Å². The standard InChI is InChI=1S/C20H20N4O3/c1-13(25)22-18(11-15-12-21-17-10-6-5-9-16(15)17)20(27)24-23-19(26)14-7-3-2-4-8-14/h2-10,12,18,21H,11H2,1H3,(H,22,25)(H,23,26)(H,24,27). The van der Waals surface area contributed by atoms with Gasteiger partial charge in [0.15, 0.2) is 0 Å². The van der Waals surface area contributed by atoms with Crippen molar-refractivity contribution >= 4 is 28.6 Å². The molecule has 0 aliphatic heterocycles. The van der Waals surface area contributed by atoms with E-state index < -0.39 is 17.9 Å². The number of carbonyl (C=O) groups excluding carboxylic acids is 3. The molecule has 0 spiro atoms. The summed E-state index contributed by atoms with van der Waals surface area (Å²) in [6.07, 6.45) is 2.10. The van der Waals surface area contributed by atoms with E-state index in [0.29, 0.717) is 5.56 Å². The molecule has 0 radical (unpaired) electrons. The van der Waals surface area contributed by atoms with Crippen molar-refractivity contribution in [3.63, 3.8) is 0 Å². The smallest absolute Gasteiger partial charge is 0.269 e. The summed E-state index contributed by atoms with van der Waals surface area (Å²) in [6, 6.07) is 15.4. The van der Waals surface area contributed by atoms with Gasteiger partial charge in [-0.1, -0.05) is 36.4 Å². The summed E-state index contributed by atoms with van der Waals surface area (Å²) >= 11 is 0. The van der Waals surface area contributed by atoms with Crippen LogP contribution >= 0.6 is 0 Å². The van der Waals surface area contributed by atoms with E-state index in [-0.39, 0.29) is 12.3 Å². The van der Waals surface area contributed by atoms with Gasteiger partial charge in [0.1, 0.15) is 6.04 Å². The van der Waals surface area contributed by atoms with Crippen molar-refractivity contribution in [2.75, 3.05) is 0 Å². The van der Waals surface area contributed by atoms with E-state index in [1.165, 1.54) is 6.92 Å². The first-order chi connectivity index (χ1) is 13.0. The van der Waals surface area contributed by atoms with Crippen molar-refractivity contribution in [3.8, 4) is 0 Å². The number of aromatic nitrogens is 1. The lowest BCUT2D eigenvalue weighted by atomic mass is 10.0. The van der Waals surface area contributed by atoms with Gasteiger partial charge in [-0.3, -0.25) is 25.2 Å². The number of benzene rings is 2. The van der Waals surface area contributed by atoms with Gasteiger partial charge in [-0.2, -0.15) is 0 Å². The Bertz CT molecular complexity index is 966. The number of rotatable bonds is 5. The Kier molecular flexibility index (Phi) is 5.51. The van der Waals surface area contributed by atoms with E-state index in [1.807, 2.05) is 30.5 Å². The molecule has 1 unspecified atom stereocenters. The lowest BCUT2D eigenvalue weighted by Crippen LogP contribution is -2.52. The summed E-state index contributed by atoms with van der Waals surface area (Å²) in [4.78, 5) is 39.3. The average molecular weight is 364 g/mol. The maximum Gasteiger partial charge on any atom is 0.269 e. The first kappa shape index (κ1) is 18.2. The maximum atomic E-state index is 12.5. The van der Waals surface area contributed by atoms with E-state index in [1.54, 1.807) is 30.3 Å². The number of fused-ring (bicyclic) bond motifs is 1. The molecule has 0 fully saturated rings. The van der Waals surface area contributed by atoms with Gasteiger partial charge in [-0.05, 0) is 23.8 Å². The molecule has 2 aromatic carbocycles. The van der Waals surface area contributed by atoms with Crippen LogP contribution in [0.15, 0.2) is 60.8 Å². The number of para-hydroxylation sites is 1. The Balaban J connectivity index is 1.69. The van der Waals surface area contributed by atoms with Crippen LogP contribution in [-0.2, 0) is 16.0 Å². The molecule has 0 saturated heterocycles. The van der Waals surface area contributed by atoms with Crippen molar-refractivity contribution < 1.29 is 14.4 Å². The molecule has 0 aliphatic carbocycles. The highest BCUT2D eigenvalue weighted by atomic mass is 16.2. The normalized spacial score (nSPS) is 11.6. The Morgan fingerprint density at radius 3 is 2.41 bits per heavy atom. The second-order valence-corrected chi connectivity index (χ2v) is 6.13. The average Bonchev–Trinajstić information content (AvgIpc) is 3.08. The highest BCUT2D eigenvalue weighted by Gasteiger charge is 2.22. The fourth-order valence-electron chi connectivity index (χ4n) is 2.84. The molecule has 7 heteroatoms. The van der Waals surface area contributed by atoms with Crippen LogP contribution in [0.1, 0.15) is 22.8 Å². The molecule has 138 valence electrons. The van der Waals surface area contributed by atoms with Crippen LogP contribution in [0.2, 0.25) is 0 Å². The quantitative estimate of drug-likeness (QED) is 0.518. The van der Waals surface area contributed by atoms with Crippen molar-refractivity contribution in [1.82, 2.24) is 21.2 Å². The minimum atomic E-state index is -0.822. The molecule has 0 bridgehead atoms. The minimum absolute atomic E-state index is 0.288. The molecule has 0 aliphatic rings. The monoisotopic (exact) mass is 364 g/mol. The van der Waals surface area contributed by atoms with Crippen LogP contribution in [0.5, 0.6) is 0 Å². The number of carbonyl (C=O) groups is 3. The molecule has 3 aromatic rings. The van der Waals surface area contributed by atoms with Crippen LogP contribution in [0.4, 0.5) is 0 Å². The van der Waals surface area contributed by atoms with Crippen molar-refractivity contribution in [3.05, 3.63) is 71.9 Å². The van der Waals surface area contributed by atoms with Gasteiger partial charge < -0.3 is 10.3 Å². The number of hydrogen-bond acceptors (Lipinski definition) is 3. The summed E-state index contributed by atoms with van der Waals surface area (Å²) < 4.78 is 0. The zero-order valence-corrected chi connectivity index (χ0v) is 14.8. The molecular formula is C20H20N4O3. The van der Waals surface area contributed by atoms with Crippen LogP contribution in [0.3, 0.4) is 0 Å². The van der Waals surface area contributed by atoms with Crippen LogP contribution in [-0.4, -0.2) is 28.7 Å². The van der Waals surface area contributed by atoms with E-state index in [2.05, 4.69) is 21.2 Å². The number of hydrazine groups is 1. The number of amides is 3. The highest BCUT2D eigenvalue weighted by molar-refractivity contribution is 5.96. The molecule has 7 nitrogen and oxygen atoms in total. The van der Waals surface area contributed by atoms with E-state index in [9.17, 15) is 14.4 Å². The predicted octanol–water partition coefficient (Wildman–Crippen LogP) is 1.68. The summed E-state index contributed by atoms with van der Waals surface area (Å²) in [5.41, 5.74) is 7.02. The van der Waals surface area contributed by atoms with Gasteiger partial charge in [0, 0.05) is 36.0 Å². The van der Waals surface area contributed by atoms with E-state index in [0.717, 1.165) is 16.5 Å². The van der Waals surface area contributed by atoms with E-state index >= 15 is 0 Å². The molecule has 27 heavy (non-hydrogen) atoms. The molecule has 1 heterocycles. The summed E-state index contributed by atoms with van der Waals surface area (Å²) in [5, 5.41) is 3.61. The summed E-state index contributed by atoms with van der Waals surface area (Å²) in [6.45, 7) is 1.35. The minimum Gasteiger partial charge on any atom is -0.361 e. The van der Waals surface area contributed by atoms with Gasteiger partial charge in [0.05, 0.1) is 0 Å². The SMILES string of the molecule is CC(=O)NC(Cc1c[nH]c2ccccc12)C(=O)NNC(=O)c1ccccc1. The molecule has 3 rings (SSSR count). The Labute approximate surface area is 156 Å². The lowest BCUT2D eigenvalue weighted by Gasteiger charge is -2.17. The number of hydrogen-bond donors (Lipinski definition) is 4. The van der Waals surface area contributed by atoms with Gasteiger partial charge in [-0.15, -0.1) is 0 Å². The van der Waals surface area contributed by atoms with Gasteiger partial charge in [0.25, 0.3) is 11.8 Å². The predicted molar refractivity (Wildman–Crippen MR) is 102 cm³/mol. The Morgan fingerprint density at radius 1 is 0.963 bits per heavy atom. The fourth-order valence-corrected chi connectivity index (χ4v) is 2.84. The first-order valence-corrected chi connectivity index (χ1v) is 8.52. The Hall–Kier alpha value is -3.61. The molecule has 1 aromatic heterocycles. The third-order valence-electron chi connectivity index (χ3n) is 4.13. The van der Waals surface area contributed by atoms with Crippen LogP contribution in [0.25, 0.3) is 10.9 Å².